The quantitative estimate of drug-likeness (QED) is 0.285. The van der Waals surface area contributed by atoms with E-state index in [1.807, 2.05) is 0 Å². The molecule has 0 radical (unpaired) electrons. The van der Waals surface area contributed by atoms with Crippen molar-refractivity contribution in [2.75, 3.05) is 0 Å². The van der Waals surface area contributed by atoms with Crippen LogP contribution in [0.25, 0.3) is 0 Å². The highest BCUT2D eigenvalue weighted by atomic mass is 16.1. The first-order valence-electron chi connectivity index (χ1n) is 11.3. The largest absolute Gasteiger partial charge is 0.303 e. The number of carbonyl (C=O) groups is 1. The molecule has 2 aliphatic rings. The summed E-state index contributed by atoms with van der Waals surface area (Å²) in [5.74, 6) is 3.43. The molecule has 0 heterocycles. The minimum atomic E-state index is 0.387. The molecule has 2 atom stereocenters. The topological polar surface area (TPSA) is 17.1 Å². The maximum atomic E-state index is 10.8. The summed E-state index contributed by atoms with van der Waals surface area (Å²) in [6, 6.07) is 0. The highest BCUT2D eigenvalue weighted by Gasteiger charge is 2.21. The fourth-order valence-corrected chi connectivity index (χ4v) is 5.25. The maximum Gasteiger partial charge on any atom is 0.123 e. The Bertz CT molecular complexity index is 316. The van der Waals surface area contributed by atoms with E-state index in [0.717, 1.165) is 30.6 Å². The van der Waals surface area contributed by atoms with Gasteiger partial charge in [0.25, 0.3) is 0 Å². The lowest BCUT2D eigenvalue weighted by molar-refractivity contribution is -0.112. The summed E-state index contributed by atoms with van der Waals surface area (Å²) in [4.78, 5) is 10.8. The third-order valence-electron chi connectivity index (χ3n) is 6.92. The van der Waals surface area contributed by atoms with Gasteiger partial charge in [-0.1, -0.05) is 84.0 Å². The lowest BCUT2D eigenvalue weighted by atomic mass is 9.77. The first-order chi connectivity index (χ1) is 11.8. The van der Waals surface area contributed by atoms with Crippen LogP contribution in [0.3, 0.4) is 0 Å². The van der Waals surface area contributed by atoms with Crippen LogP contribution in [0.5, 0.6) is 0 Å². The second-order valence-corrected chi connectivity index (χ2v) is 8.95. The summed E-state index contributed by atoms with van der Waals surface area (Å²) in [5.41, 5.74) is 0. The normalized spacial score (nSPS) is 31.0. The number of carbonyl (C=O) groups excluding carboxylic acids is 1. The molecule has 0 spiro atoms. The molecular weight excluding hydrogens is 292 g/mol. The van der Waals surface area contributed by atoms with Crippen molar-refractivity contribution >= 4 is 6.29 Å². The molecule has 0 amide bonds. The van der Waals surface area contributed by atoms with Crippen molar-refractivity contribution < 1.29 is 4.79 Å². The van der Waals surface area contributed by atoms with E-state index in [9.17, 15) is 4.79 Å². The molecule has 2 rings (SSSR count). The van der Waals surface area contributed by atoms with Crippen LogP contribution in [0.1, 0.15) is 116 Å². The van der Waals surface area contributed by atoms with Crippen LogP contribution in [0, 0.1) is 23.7 Å². The van der Waals surface area contributed by atoms with E-state index in [4.69, 9.17) is 0 Å². The Morgan fingerprint density at radius 1 is 0.708 bits per heavy atom. The van der Waals surface area contributed by atoms with Crippen molar-refractivity contribution in [2.24, 2.45) is 23.7 Å². The fourth-order valence-electron chi connectivity index (χ4n) is 5.25. The van der Waals surface area contributed by atoms with E-state index in [-0.39, 0.29) is 0 Å². The zero-order valence-electron chi connectivity index (χ0n) is 16.3. The highest BCUT2D eigenvalue weighted by molar-refractivity contribution is 5.53. The molecule has 0 aromatic carbocycles. The molecule has 0 N–H and O–H groups in total. The summed E-state index contributed by atoms with van der Waals surface area (Å²) in [5, 5.41) is 0. The summed E-state index contributed by atoms with van der Waals surface area (Å²) in [6.07, 6.45) is 25.3. The zero-order chi connectivity index (χ0) is 17.0. The van der Waals surface area contributed by atoms with Crippen molar-refractivity contribution in [3.8, 4) is 0 Å². The first kappa shape index (κ1) is 20.0. The smallest absolute Gasteiger partial charge is 0.123 e. The molecule has 24 heavy (non-hydrogen) atoms. The van der Waals surface area contributed by atoms with Crippen molar-refractivity contribution in [3.63, 3.8) is 0 Å². The van der Waals surface area contributed by atoms with Gasteiger partial charge in [0, 0.05) is 5.92 Å². The molecule has 0 aromatic rings. The van der Waals surface area contributed by atoms with E-state index in [2.05, 4.69) is 6.92 Å². The minimum Gasteiger partial charge on any atom is -0.303 e. The molecule has 1 nitrogen and oxygen atoms in total. The lowest BCUT2D eigenvalue weighted by Gasteiger charge is -2.29. The molecule has 0 aliphatic heterocycles. The van der Waals surface area contributed by atoms with Gasteiger partial charge in [0.1, 0.15) is 6.29 Å². The van der Waals surface area contributed by atoms with Crippen LogP contribution in [0.4, 0.5) is 0 Å². The van der Waals surface area contributed by atoms with Gasteiger partial charge in [-0.2, -0.15) is 0 Å². The van der Waals surface area contributed by atoms with Crippen molar-refractivity contribution in [2.45, 2.75) is 116 Å². The monoisotopic (exact) mass is 334 g/mol. The van der Waals surface area contributed by atoms with Gasteiger partial charge < -0.3 is 4.79 Å². The SMILES string of the molecule is CCCCC1CCCC(CCCCCCC2CCC(C=O)CC2)C1. The van der Waals surface area contributed by atoms with Crippen molar-refractivity contribution in [1.82, 2.24) is 0 Å². The van der Waals surface area contributed by atoms with Gasteiger partial charge in [-0.25, -0.2) is 0 Å². The molecule has 1 heteroatoms. The average Bonchev–Trinajstić information content (AvgIpc) is 2.63. The van der Waals surface area contributed by atoms with Crippen molar-refractivity contribution in [1.29, 1.82) is 0 Å². The van der Waals surface area contributed by atoms with E-state index < -0.39 is 0 Å². The van der Waals surface area contributed by atoms with Crippen LogP contribution >= 0.6 is 0 Å². The molecule has 0 aromatic heterocycles. The molecule has 2 aliphatic carbocycles. The van der Waals surface area contributed by atoms with Crippen LogP contribution in [-0.2, 0) is 4.79 Å². The third kappa shape index (κ3) is 7.70. The van der Waals surface area contributed by atoms with Gasteiger partial charge in [0.15, 0.2) is 0 Å². The standard InChI is InChI=1S/C23H42O/c1-2-3-9-21-12-8-13-22(18-21)11-7-5-4-6-10-20-14-16-23(19-24)17-15-20/h19-23H,2-18H2,1H3. The average molecular weight is 335 g/mol. The Morgan fingerprint density at radius 2 is 1.29 bits per heavy atom. The van der Waals surface area contributed by atoms with Gasteiger partial charge in [-0.05, 0) is 49.9 Å². The summed E-state index contributed by atoms with van der Waals surface area (Å²) in [6.45, 7) is 2.33. The molecule has 2 fully saturated rings. The number of aldehydes is 1. The predicted molar refractivity (Wildman–Crippen MR) is 104 cm³/mol. The van der Waals surface area contributed by atoms with E-state index >= 15 is 0 Å². The minimum absolute atomic E-state index is 0.387. The number of rotatable bonds is 11. The first-order valence-corrected chi connectivity index (χ1v) is 11.3. The van der Waals surface area contributed by atoms with Gasteiger partial charge in [0.05, 0.1) is 0 Å². The Morgan fingerprint density at radius 3 is 1.88 bits per heavy atom. The van der Waals surface area contributed by atoms with E-state index in [0.29, 0.717) is 5.92 Å². The Balaban J connectivity index is 1.44. The van der Waals surface area contributed by atoms with Crippen LogP contribution < -0.4 is 0 Å². The Hall–Kier alpha value is -0.330. The second-order valence-electron chi connectivity index (χ2n) is 8.95. The van der Waals surface area contributed by atoms with E-state index in [1.165, 1.54) is 96.2 Å². The summed E-state index contributed by atoms with van der Waals surface area (Å²) in [7, 11) is 0. The molecule has 0 saturated heterocycles. The number of hydrogen-bond acceptors (Lipinski definition) is 1. The fraction of sp³-hybridized carbons (Fsp3) is 0.957. The summed E-state index contributed by atoms with van der Waals surface area (Å²) < 4.78 is 0. The number of hydrogen-bond donors (Lipinski definition) is 0. The molecule has 0 bridgehead atoms. The van der Waals surface area contributed by atoms with Gasteiger partial charge in [-0.3, -0.25) is 0 Å². The van der Waals surface area contributed by atoms with Gasteiger partial charge in [0.2, 0.25) is 0 Å². The van der Waals surface area contributed by atoms with Crippen molar-refractivity contribution in [3.05, 3.63) is 0 Å². The van der Waals surface area contributed by atoms with Crippen LogP contribution in [0.2, 0.25) is 0 Å². The molecule has 2 unspecified atom stereocenters. The highest BCUT2D eigenvalue weighted by Crippen LogP contribution is 2.35. The second kappa shape index (κ2) is 12.1. The number of unbranched alkanes of at least 4 members (excludes halogenated alkanes) is 4. The predicted octanol–water partition coefficient (Wildman–Crippen LogP) is 7.33. The van der Waals surface area contributed by atoms with Crippen LogP contribution in [0.15, 0.2) is 0 Å². The van der Waals surface area contributed by atoms with E-state index in [1.54, 1.807) is 6.42 Å². The van der Waals surface area contributed by atoms with Gasteiger partial charge in [-0.15, -0.1) is 0 Å². The Kier molecular flexibility index (Phi) is 10.1. The zero-order valence-corrected chi connectivity index (χ0v) is 16.3. The third-order valence-corrected chi connectivity index (χ3v) is 6.92. The van der Waals surface area contributed by atoms with Gasteiger partial charge >= 0.3 is 0 Å². The molecule has 140 valence electrons. The Labute approximate surface area is 151 Å². The maximum absolute atomic E-state index is 10.8. The lowest BCUT2D eigenvalue weighted by Crippen LogP contribution is -2.15. The molecule has 2 saturated carbocycles. The molecular formula is C23H42O. The van der Waals surface area contributed by atoms with Crippen LogP contribution in [-0.4, -0.2) is 6.29 Å². The summed E-state index contributed by atoms with van der Waals surface area (Å²) >= 11 is 0.